The Balaban J connectivity index is 0.00000370. The first-order chi connectivity index (χ1) is 18.9. The Morgan fingerprint density at radius 3 is 2.65 bits per heavy atom. The summed E-state index contributed by atoms with van der Waals surface area (Å²) >= 11 is 1.66. The Hall–Kier alpha value is -3.35. The number of amides is 1. The van der Waals surface area contributed by atoms with E-state index in [1.54, 1.807) is 48.3 Å². The number of aromatic nitrogens is 4. The summed E-state index contributed by atoms with van der Waals surface area (Å²) in [5.74, 6) is 0.582. The number of carbonyl (C=O) groups is 1. The molecular weight excluding hydrogens is 574 g/mol. The van der Waals surface area contributed by atoms with E-state index in [0.717, 1.165) is 21.0 Å². The maximum atomic E-state index is 13.4. The van der Waals surface area contributed by atoms with Crippen molar-refractivity contribution >= 4 is 45.6 Å². The molecule has 212 valence electrons. The predicted octanol–water partition coefficient (Wildman–Crippen LogP) is 3.00. The number of imidazole rings is 1. The van der Waals surface area contributed by atoms with Gasteiger partial charge in [0.1, 0.15) is 5.65 Å². The van der Waals surface area contributed by atoms with E-state index in [1.807, 2.05) is 28.8 Å². The third kappa shape index (κ3) is 6.18. The minimum atomic E-state index is -3.77. The zero-order valence-electron chi connectivity index (χ0n) is 21.7. The van der Waals surface area contributed by atoms with Gasteiger partial charge < -0.3 is 5.32 Å². The van der Waals surface area contributed by atoms with Crippen molar-refractivity contribution in [3.63, 3.8) is 0 Å². The molecule has 1 amide bonds. The number of nitrogens with zero attached hydrogens (tertiary/aromatic N) is 4. The maximum Gasteiger partial charge on any atom is 0.332 e. The molecule has 0 atom stereocenters. The van der Waals surface area contributed by atoms with Crippen LogP contribution in [0, 0.1) is 0 Å². The molecule has 1 aliphatic heterocycles. The van der Waals surface area contributed by atoms with E-state index in [1.165, 1.54) is 4.57 Å². The van der Waals surface area contributed by atoms with E-state index in [4.69, 9.17) is 0 Å². The summed E-state index contributed by atoms with van der Waals surface area (Å²) < 4.78 is 30.1. The van der Waals surface area contributed by atoms with Gasteiger partial charge in [-0.05, 0) is 42.7 Å². The number of benzene rings is 1. The van der Waals surface area contributed by atoms with Crippen molar-refractivity contribution in [2.75, 3.05) is 18.1 Å². The number of thioether (sulfide) groups is 1. The molecule has 0 radical (unpaired) electrons. The Morgan fingerprint density at radius 2 is 1.85 bits per heavy atom. The van der Waals surface area contributed by atoms with Crippen molar-refractivity contribution in [3.8, 4) is 11.1 Å². The van der Waals surface area contributed by atoms with Crippen LogP contribution in [-0.2, 0) is 27.7 Å². The molecule has 4 aromatic rings. The van der Waals surface area contributed by atoms with E-state index >= 15 is 0 Å². The number of carbonyl (C=O) groups excluding carboxylic acids is 1. The third-order valence-corrected chi connectivity index (χ3v) is 9.56. The van der Waals surface area contributed by atoms with E-state index < -0.39 is 21.1 Å². The minimum Gasteiger partial charge on any atom is -0.356 e. The molecule has 4 heterocycles. The number of pyridine rings is 1. The Kier molecular flexibility index (Phi) is 9.54. The fraction of sp³-hybridized carbons (Fsp3) is 0.333. The Morgan fingerprint density at radius 1 is 1.05 bits per heavy atom. The lowest BCUT2D eigenvalue weighted by Crippen LogP contribution is -2.45. The second-order valence-electron chi connectivity index (χ2n) is 9.28. The molecule has 0 bridgehead atoms. The highest BCUT2D eigenvalue weighted by Gasteiger charge is 2.32. The first kappa shape index (κ1) is 29.6. The van der Waals surface area contributed by atoms with Crippen molar-refractivity contribution in [3.05, 3.63) is 81.8 Å². The molecule has 10 nitrogen and oxygen atoms in total. The van der Waals surface area contributed by atoms with Crippen LogP contribution in [0.4, 0.5) is 0 Å². The van der Waals surface area contributed by atoms with Gasteiger partial charge in [0.2, 0.25) is 5.91 Å². The van der Waals surface area contributed by atoms with E-state index in [-0.39, 0.29) is 47.7 Å². The molecule has 40 heavy (non-hydrogen) atoms. The maximum absolute atomic E-state index is 13.4. The van der Waals surface area contributed by atoms with Gasteiger partial charge in [-0.3, -0.25) is 23.1 Å². The normalized spacial score (nSPS) is 13.9. The lowest BCUT2D eigenvalue weighted by molar-refractivity contribution is -0.121. The quantitative estimate of drug-likeness (QED) is 0.168. The van der Waals surface area contributed by atoms with Crippen molar-refractivity contribution in [1.29, 1.82) is 0 Å². The lowest BCUT2D eigenvalue weighted by Gasteiger charge is -2.23. The number of fused-ring (bicyclic) bond motifs is 2. The van der Waals surface area contributed by atoms with Crippen LogP contribution in [0.15, 0.2) is 80.6 Å². The van der Waals surface area contributed by atoms with Gasteiger partial charge in [0.25, 0.3) is 5.56 Å². The van der Waals surface area contributed by atoms with Crippen LogP contribution in [0.3, 0.4) is 0 Å². The SMILES string of the molecule is Cl.O=C(CCCSc1cccc2nccn12)NCCCn1c(=O)c(-c2ccccc2)c2n(c1=O)CCCS2(=O)=O. The molecule has 1 N–H and O–H groups in total. The smallest absolute Gasteiger partial charge is 0.332 e. The molecule has 5 rings (SSSR count). The van der Waals surface area contributed by atoms with Crippen molar-refractivity contribution in [2.45, 2.75) is 48.8 Å². The Bertz CT molecular complexity index is 1730. The minimum absolute atomic E-state index is 0. The van der Waals surface area contributed by atoms with Crippen LogP contribution < -0.4 is 16.6 Å². The largest absolute Gasteiger partial charge is 0.356 e. The molecule has 0 saturated heterocycles. The number of rotatable bonds is 10. The number of nitrogens with one attached hydrogen (secondary N) is 1. The molecule has 0 fully saturated rings. The molecular formula is C27H30ClN5O5S2. The first-order valence-electron chi connectivity index (χ1n) is 12.8. The average molecular weight is 604 g/mol. The molecule has 0 aliphatic carbocycles. The topological polar surface area (TPSA) is 125 Å². The van der Waals surface area contributed by atoms with E-state index in [2.05, 4.69) is 10.3 Å². The molecule has 0 spiro atoms. The van der Waals surface area contributed by atoms with Crippen LogP contribution >= 0.6 is 24.2 Å². The zero-order valence-corrected chi connectivity index (χ0v) is 24.1. The second kappa shape index (κ2) is 12.9. The second-order valence-corrected chi connectivity index (χ2v) is 12.4. The molecule has 1 aliphatic rings. The number of halogens is 1. The summed E-state index contributed by atoms with van der Waals surface area (Å²) in [6, 6.07) is 14.5. The summed E-state index contributed by atoms with van der Waals surface area (Å²) in [5, 5.41) is 3.73. The van der Waals surface area contributed by atoms with Gasteiger partial charge in [-0.1, -0.05) is 36.4 Å². The summed E-state index contributed by atoms with van der Waals surface area (Å²) in [6.45, 7) is 0.605. The standard InChI is InChI=1S/C27H29N5O5S2.ClH/c33-22(11-5-18-38-23-12-4-10-21-28-14-17-30(21)23)29-13-6-15-31-25(34)24(20-8-2-1-3-9-20)26-32(27(31)35)16-7-19-39(26,36)37;/h1-4,8-10,12,14,17H,5-7,11,13,15-16,18-19H2,(H,29,33);1H. The number of hydrogen-bond acceptors (Lipinski definition) is 7. The van der Waals surface area contributed by atoms with Gasteiger partial charge in [-0.15, -0.1) is 24.2 Å². The molecule has 0 unspecified atom stereocenters. The summed E-state index contributed by atoms with van der Waals surface area (Å²) in [5.41, 5.74) is 0.116. The van der Waals surface area contributed by atoms with Gasteiger partial charge in [-0.2, -0.15) is 0 Å². The molecule has 3 aromatic heterocycles. The van der Waals surface area contributed by atoms with E-state index in [9.17, 15) is 22.8 Å². The summed E-state index contributed by atoms with van der Waals surface area (Å²) in [6.07, 6.45) is 5.40. The summed E-state index contributed by atoms with van der Waals surface area (Å²) in [4.78, 5) is 43.2. The number of hydrogen-bond donors (Lipinski definition) is 1. The van der Waals surface area contributed by atoms with Gasteiger partial charge >= 0.3 is 5.69 Å². The fourth-order valence-electron chi connectivity index (χ4n) is 4.76. The zero-order chi connectivity index (χ0) is 27.4. The lowest BCUT2D eigenvalue weighted by atomic mass is 10.1. The fourth-order valence-corrected chi connectivity index (χ4v) is 7.45. The van der Waals surface area contributed by atoms with Crippen LogP contribution in [0.2, 0.25) is 0 Å². The van der Waals surface area contributed by atoms with Crippen molar-refractivity contribution < 1.29 is 13.2 Å². The highest BCUT2D eigenvalue weighted by molar-refractivity contribution is 7.99. The summed E-state index contributed by atoms with van der Waals surface area (Å²) in [7, 11) is -3.77. The highest BCUT2D eigenvalue weighted by atomic mass is 35.5. The Labute approximate surface area is 241 Å². The van der Waals surface area contributed by atoms with Gasteiger partial charge in [0.05, 0.1) is 16.3 Å². The monoisotopic (exact) mass is 603 g/mol. The van der Waals surface area contributed by atoms with Crippen LogP contribution in [0.5, 0.6) is 0 Å². The van der Waals surface area contributed by atoms with Crippen LogP contribution in [-0.4, -0.2) is 50.9 Å². The van der Waals surface area contributed by atoms with Gasteiger partial charge in [0.15, 0.2) is 14.9 Å². The van der Waals surface area contributed by atoms with Crippen molar-refractivity contribution in [1.82, 2.24) is 23.8 Å². The molecule has 0 saturated carbocycles. The predicted molar refractivity (Wildman–Crippen MR) is 157 cm³/mol. The third-order valence-electron chi connectivity index (χ3n) is 6.60. The average Bonchev–Trinajstić information content (AvgIpc) is 3.41. The van der Waals surface area contributed by atoms with Gasteiger partial charge in [-0.25, -0.2) is 18.2 Å². The van der Waals surface area contributed by atoms with Crippen molar-refractivity contribution in [2.24, 2.45) is 0 Å². The van der Waals surface area contributed by atoms with Crippen LogP contribution in [0.25, 0.3) is 16.8 Å². The van der Waals surface area contributed by atoms with Gasteiger partial charge in [0, 0.05) is 38.4 Å². The number of sulfone groups is 1. The highest BCUT2D eigenvalue weighted by Crippen LogP contribution is 2.27. The first-order valence-corrected chi connectivity index (χ1v) is 15.5. The van der Waals surface area contributed by atoms with E-state index in [0.29, 0.717) is 37.8 Å². The van der Waals surface area contributed by atoms with Crippen LogP contribution in [0.1, 0.15) is 25.7 Å². The molecule has 13 heteroatoms. The molecule has 1 aromatic carbocycles.